The first kappa shape index (κ1) is 27.9. The molecule has 44 heavy (non-hydrogen) atoms. The Hall–Kier alpha value is -3.64. The van der Waals surface area contributed by atoms with Crippen LogP contribution in [0.2, 0.25) is 0 Å². The Kier molecular flexibility index (Phi) is 6.82. The summed E-state index contributed by atoms with van der Waals surface area (Å²) in [7, 11) is 0. The molecule has 0 unspecified atom stereocenters. The van der Waals surface area contributed by atoms with Crippen LogP contribution in [0.3, 0.4) is 0 Å². The smallest absolute Gasteiger partial charge is 0.255 e. The number of nitrogens with one attached hydrogen (secondary N) is 1. The maximum absolute atomic E-state index is 13.6. The topological polar surface area (TPSA) is 67.9 Å². The Bertz CT molecular complexity index is 1590. The fraction of sp³-hybridized carbons (Fsp3) is 0.474. The number of ketones is 1. The first-order valence-corrected chi connectivity index (χ1v) is 16.6. The van der Waals surface area contributed by atoms with Crippen molar-refractivity contribution in [3.8, 4) is 22.6 Å². The number of carbonyl (C=O) groups is 2. The molecule has 3 aromatic rings. The third-order valence-electron chi connectivity index (χ3n) is 10.9. The maximum atomic E-state index is 13.6. The molecule has 4 atom stereocenters. The van der Waals surface area contributed by atoms with E-state index in [9.17, 15) is 9.59 Å². The van der Waals surface area contributed by atoms with Crippen LogP contribution in [-0.2, 0) is 23.1 Å². The number of ether oxygens (including phenoxy) is 2. The molecule has 1 N–H and O–H groups in total. The van der Waals surface area contributed by atoms with Crippen LogP contribution in [-0.4, -0.2) is 54.5 Å². The normalized spacial score (nSPS) is 26.7. The zero-order valence-corrected chi connectivity index (χ0v) is 25.8. The van der Waals surface area contributed by atoms with E-state index in [2.05, 4.69) is 52.7 Å². The van der Waals surface area contributed by atoms with Gasteiger partial charge in [0.05, 0.1) is 11.7 Å². The zero-order valence-electron chi connectivity index (χ0n) is 25.8. The highest BCUT2D eigenvalue weighted by molar-refractivity contribution is 5.99. The molecular weight excluding hydrogens is 548 g/mol. The van der Waals surface area contributed by atoms with Crippen molar-refractivity contribution >= 4 is 11.7 Å². The van der Waals surface area contributed by atoms with E-state index >= 15 is 0 Å². The lowest BCUT2D eigenvalue weighted by Gasteiger charge is -2.57. The molecule has 2 saturated carbocycles. The molecule has 1 saturated heterocycles. The molecule has 2 heterocycles. The number of piperidine rings is 1. The van der Waals surface area contributed by atoms with E-state index in [0.29, 0.717) is 36.2 Å². The number of carbonyl (C=O) groups excluding carboxylic acids is 2. The van der Waals surface area contributed by atoms with E-state index in [1.165, 1.54) is 36.1 Å². The van der Waals surface area contributed by atoms with Gasteiger partial charge in [0.2, 0.25) is 0 Å². The lowest BCUT2D eigenvalue weighted by Crippen LogP contribution is -2.66. The highest BCUT2D eigenvalue weighted by Crippen LogP contribution is 2.62. The van der Waals surface area contributed by atoms with Gasteiger partial charge in [-0.3, -0.25) is 14.5 Å². The Balaban J connectivity index is 0.966. The second kappa shape index (κ2) is 10.8. The first-order valence-electron chi connectivity index (χ1n) is 16.6. The molecule has 3 aromatic carbocycles. The number of benzene rings is 3. The molecule has 0 aromatic heterocycles. The summed E-state index contributed by atoms with van der Waals surface area (Å²) in [4.78, 5) is 29.6. The molecule has 6 nitrogen and oxygen atoms in total. The van der Waals surface area contributed by atoms with E-state index in [0.717, 1.165) is 55.0 Å². The minimum absolute atomic E-state index is 0.115. The van der Waals surface area contributed by atoms with Gasteiger partial charge in [-0.25, -0.2) is 0 Å². The zero-order chi connectivity index (χ0) is 30.0. The quantitative estimate of drug-likeness (QED) is 0.325. The van der Waals surface area contributed by atoms with Gasteiger partial charge >= 0.3 is 0 Å². The second-order valence-electron chi connectivity index (χ2n) is 14.0. The molecule has 0 radical (unpaired) electrons. The number of nitrogens with zero attached hydrogens (tertiary/aromatic N) is 1. The van der Waals surface area contributed by atoms with Crippen molar-refractivity contribution in [3.05, 3.63) is 82.9 Å². The van der Waals surface area contributed by atoms with Crippen molar-refractivity contribution in [2.24, 2.45) is 11.8 Å². The van der Waals surface area contributed by atoms with Crippen LogP contribution in [0.1, 0.15) is 73.0 Å². The molecule has 1 amide bonds. The van der Waals surface area contributed by atoms with Gasteiger partial charge in [-0.1, -0.05) is 42.5 Å². The van der Waals surface area contributed by atoms with Crippen molar-refractivity contribution in [1.82, 2.24) is 10.2 Å². The highest BCUT2D eigenvalue weighted by atomic mass is 16.5. The van der Waals surface area contributed by atoms with Crippen LogP contribution in [0.25, 0.3) is 11.1 Å². The molecule has 1 spiro atoms. The second-order valence-corrected chi connectivity index (χ2v) is 14.0. The van der Waals surface area contributed by atoms with Gasteiger partial charge in [0.1, 0.15) is 11.5 Å². The summed E-state index contributed by atoms with van der Waals surface area (Å²) < 4.78 is 12.3. The van der Waals surface area contributed by atoms with Gasteiger partial charge in [0, 0.05) is 36.5 Å². The number of likely N-dealkylation sites (tertiary alicyclic amines) is 1. The summed E-state index contributed by atoms with van der Waals surface area (Å²) in [6.45, 7) is 6.81. The Labute approximate surface area is 260 Å². The SMILES string of the molecule is CC(C)Oc1ccc(-c2ccc(CCNC(=O)c3ccc4c5c3O[C@H]3C(=O)CC[C@H]6[C@@H](C4)N(CC4CC4)CC[C@]536)cc2)cc1. The molecule has 3 fully saturated rings. The molecule has 2 bridgehead atoms. The van der Waals surface area contributed by atoms with Crippen LogP contribution >= 0.6 is 0 Å². The van der Waals surface area contributed by atoms with Crippen LogP contribution in [0, 0.1) is 11.8 Å². The van der Waals surface area contributed by atoms with Gasteiger partial charge in [0.25, 0.3) is 5.91 Å². The Morgan fingerprint density at radius 1 is 1.02 bits per heavy atom. The molecule has 5 aliphatic rings. The van der Waals surface area contributed by atoms with Crippen LogP contribution in [0.5, 0.6) is 11.5 Å². The average Bonchev–Trinajstić information content (AvgIpc) is 3.77. The molecule has 8 rings (SSSR count). The molecule has 2 aliphatic heterocycles. The molecule has 6 heteroatoms. The van der Waals surface area contributed by atoms with Crippen LogP contribution < -0.4 is 14.8 Å². The lowest BCUT2D eigenvalue weighted by molar-refractivity contribution is -0.138. The van der Waals surface area contributed by atoms with Crippen molar-refractivity contribution in [3.63, 3.8) is 0 Å². The summed E-state index contributed by atoms with van der Waals surface area (Å²) in [6.07, 6.45) is 6.65. The van der Waals surface area contributed by atoms with E-state index < -0.39 is 6.10 Å². The summed E-state index contributed by atoms with van der Waals surface area (Å²) in [5, 5.41) is 3.15. The Morgan fingerprint density at radius 3 is 2.50 bits per heavy atom. The number of amides is 1. The monoisotopic (exact) mass is 590 g/mol. The van der Waals surface area contributed by atoms with Gasteiger partial charge in [-0.15, -0.1) is 0 Å². The third kappa shape index (κ3) is 4.65. The minimum Gasteiger partial charge on any atom is -0.491 e. The minimum atomic E-state index is -0.438. The van der Waals surface area contributed by atoms with Crippen molar-refractivity contribution in [2.75, 3.05) is 19.6 Å². The van der Waals surface area contributed by atoms with Crippen LogP contribution in [0.4, 0.5) is 0 Å². The lowest BCUT2D eigenvalue weighted by atomic mass is 9.51. The van der Waals surface area contributed by atoms with Crippen molar-refractivity contribution < 1.29 is 19.1 Å². The number of Topliss-reactive ketones (excluding diaryl/α,β-unsaturated/α-hetero) is 1. The van der Waals surface area contributed by atoms with E-state index in [-0.39, 0.29) is 23.2 Å². The standard InChI is InChI=1S/C38H42N2O4/c1-23(2)43-29-12-9-27(10-13-29)26-7-5-24(6-8-26)17-19-39-37(42)30-14-11-28-21-32-31-15-16-33(41)36-38(31,34(28)35(30)44-36)18-20-40(32)22-25-3-4-25/h5-14,23,25,31-32,36H,3-4,15-22H2,1-2H3,(H,39,42)/t31-,32+,36-,38-/m0/s1. The molecule has 3 aliphatic carbocycles. The third-order valence-corrected chi connectivity index (χ3v) is 10.9. The predicted octanol–water partition coefficient (Wildman–Crippen LogP) is 6.13. The largest absolute Gasteiger partial charge is 0.491 e. The highest BCUT2D eigenvalue weighted by Gasteiger charge is 2.66. The van der Waals surface area contributed by atoms with Gasteiger partial charge in [-0.05, 0) is 111 Å². The fourth-order valence-corrected chi connectivity index (χ4v) is 8.74. The van der Waals surface area contributed by atoms with E-state index in [4.69, 9.17) is 9.47 Å². The number of hydrogen-bond acceptors (Lipinski definition) is 5. The van der Waals surface area contributed by atoms with Crippen molar-refractivity contribution in [2.45, 2.75) is 82.5 Å². The van der Waals surface area contributed by atoms with E-state index in [1.54, 1.807) is 0 Å². The van der Waals surface area contributed by atoms with Gasteiger partial charge < -0.3 is 14.8 Å². The molecular formula is C38H42N2O4. The predicted molar refractivity (Wildman–Crippen MR) is 170 cm³/mol. The van der Waals surface area contributed by atoms with Gasteiger partial charge in [-0.2, -0.15) is 0 Å². The molecule has 228 valence electrons. The number of hydrogen-bond donors (Lipinski definition) is 1. The Morgan fingerprint density at radius 2 is 1.77 bits per heavy atom. The van der Waals surface area contributed by atoms with E-state index in [1.807, 2.05) is 32.0 Å². The summed E-state index contributed by atoms with van der Waals surface area (Å²) in [5.41, 5.74) is 6.26. The van der Waals surface area contributed by atoms with Crippen molar-refractivity contribution in [1.29, 1.82) is 0 Å². The fourth-order valence-electron chi connectivity index (χ4n) is 8.74. The number of rotatable bonds is 9. The maximum Gasteiger partial charge on any atom is 0.255 e. The summed E-state index contributed by atoms with van der Waals surface area (Å²) in [6, 6.07) is 21.3. The summed E-state index contributed by atoms with van der Waals surface area (Å²) in [5.74, 6) is 2.95. The summed E-state index contributed by atoms with van der Waals surface area (Å²) >= 11 is 0. The van der Waals surface area contributed by atoms with Gasteiger partial charge in [0.15, 0.2) is 11.9 Å². The van der Waals surface area contributed by atoms with Crippen LogP contribution in [0.15, 0.2) is 60.7 Å². The first-order chi connectivity index (χ1) is 21.4. The average molecular weight is 591 g/mol.